The third kappa shape index (κ3) is 2.38. The predicted octanol–water partition coefficient (Wildman–Crippen LogP) is -0.193. The number of nitrogens with two attached hydrogens (primary N) is 1. The Hall–Kier alpha value is -0.620. The lowest BCUT2D eigenvalue weighted by atomic mass is 9.96. The third-order valence-electron chi connectivity index (χ3n) is 3.23. The van der Waals surface area contributed by atoms with Crippen LogP contribution in [0.15, 0.2) is 0 Å². The highest BCUT2D eigenvalue weighted by Crippen LogP contribution is 2.34. The maximum Gasteiger partial charge on any atom is 0.239 e. The molecule has 0 heterocycles. The Bertz CT molecular complexity index is 366. The minimum Gasteiger partial charge on any atom is -0.368 e. The maximum atomic E-state index is 11.7. The summed E-state index contributed by atoms with van der Waals surface area (Å²) in [6, 6.07) is 0. The number of nitrogens with one attached hydrogen (secondary N) is 1. The quantitative estimate of drug-likeness (QED) is 0.705. The first-order valence-electron chi connectivity index (χ1n) is 5.58. The normalized spacial score (nSPS) is 30.5. The zero-order chi connectivity index (χ0) is 12.4. The van der Waals surface area contributed by atoms with E-state index in [-0.39, 0.29) is 0 Å². The molecule has 0 aromatic heterocycles. The Labute approximate surface area is 96.7 Å². The molecule has 1 rings (SSSR count). The highest BCUT2D eigenvalue weighted by Gasteiger charge is 2.51. The average Bonchev–Trinajstić information content (AvgIpc) is 2.58. The summed E-state index contributed by atoms with van der Waals surface area (Å²) in [7, 11) is -3.25. The molecule has 0 saturated heterocycles. The summed E-state index contributed by atoms with van der Waals surface area (Å²) in [5.74, 6) is -0.547. The summed E-state index contributed by atoms with van der Waals surface area (Å²) in [4.78, 5) is 11.6. The van der Waals surface area contributed by atoms with Gasteiger partial charge >= 0.3 is 0 Å². The number of primary amides is 1. The molecule has 6 heteroatoms. The Morgan fingerprint density at radius 3 is 2.62 bits per heavy atom. The van der Waals surface area contributed by atoms with E-state index in [0.717, 1.165) is 12.8 Å². The Kier molecular flexibility index (Phi) is 3.96. The van der Waals surface area contributed by atoms with Crippen molar-refractivity contribution in [3.63, 3.8) is 0 Å². The standard InChI is InChI=1S/C10H20N2O3S/c1-3-7-12-10(9(11)13)6-4-5-8(10)16(2,14)15/h8,12H,3-7H2,1-2H3,(H2,11,13). The van der Waals surface area contributed by atoms with Crippen molar-refractivity contribution in [3.05, 3.63) is 0 Å². The van der Waals surface area contributed by atoms with Crippen LogP contribution in [0.2, 0.25) is 0 Å². The van der Waals surface area contributed by atoms with Crippen LogP contribution < -0.4 is 11.1 Å². The molecule has 16 heavy (non-hydrogen) atoms. The number of hydrogen-bond acceptors (Lipinski definition) is 4. The second-order valence-corrected chi connectivity index (χ2v) is 6.70. The van der Waals surface area contributed by atoms with Crippen molar-refractivity contribution < 1.29 is 13.2 Å². The molecule has 2 unspecified atom stereocenters. The molecular formula is C10H20N2O3S. The van der Waals surface area contributed by atoms with E-state index >= 15 is 0 Å². The molecule has 1 fully saturated rings. The first kappa shape index (κ1) is 13.4. The van der Waals surface area contributed by atoms with Gasteiger partial charge in [0.05, 0.1) is 5.25 Å². The molecule has 3 N–H and O–H groups in total. The van der Waals surface area contributed by atoms with Crippen LogP contribution in [-0.2, 0) is 14.6 Å². The molecule has 1 aliphatic rings. The van der Waals surface area contributed by atoms with Gasteiger partial charge in [0.25, 0.3) is 0 Å². The molecular weight excluding hydrogens is 228 g/mol. The van der Waals surface area contributed by atoms with Crippen molar-refractivity contribution in [1.29, 1.82) is 0 Å². The van der Waals surface area contributed by atoms with Crippen LogP contribution in [0.1, 0.15) is 32.6 Å². The number of carbonyl (C=O) groups is 1. The number of carbonyl (C=O) groups excluding carboxylic acids is 1. The molecule has 1 saturated carbocycles. The van der Waals surface area contributed by atoms with Gasteiger partial charge in [0.1, 0.15) is 5.54 Å². The molecule has 94 valence electrons. The molecule has 0 aliphatic heterocycles. The fourth-order valence-electron chi connectivity index (χ4n) is 2.47. The summed E-state index contributed by atoms with van der Waals surface area (Å²) in [5, 5.41) is 2.37. The first-order valence-corrected chi connectivity index (χ1v) is 7.54. The molecule has 0 radical (unpaired) electrons. The van der Waals surface area contributed by atoms with Crippen LogP contribution in [0, 0.1) is 0 Å². The summed E-state index contributed by atoms with van der Waals surface area (Å²) in [6.07, 6.45) is 3.76. The van der Waals surface area contributed by atoms with Crippen LogP contribution >= 0.6 is 0 Å². The molecule has 0 bridgehead atoms. The monoisotopic (exact) mass is 248 g/mol. The van der Waals surface area contributed by atoms with Crippen molar-refractivity contribution >= 4 is 15.7 Å². The summed E-state index contributed by atoms with van der Waals surface area (Å²) >= 11 is 0. The van der Waals surface area contributed by atoms with Crippen LogP contribution in [0.5, 0.6) is 0 Å². The van der Waals surface area contributed by atoms with E-state index in [1.165, 1.54) is 6.26 Å². The van der Waals surface area contributed by atoms with Gasteiger partial charge in [-0.05, 0) is 32.2 Å². The van der Waals surface area contributed by atoms with Crippen LogP contribution in [-0.4, -0.2) is 37.9 Å². The number of sulfone groups is 1. The van der Waals surface area contributed by atoms with Gasteiger partial charge in [-0.25, -0.2) is 8.42 Å². The van der Waals surface area contributed by atoms with Crippen molar-refractivity contribution in [2.45, 2.75) is 43.4 Å². The topological polar surface area (TPSA) is 89.3 Å². The molecule has 0 aromatic carbocycles. The van der Waals surface area contributed by atoms with E-state index in [0.29, 0.717) is 19.4 Å². The van der Waals surface area contributed by atoms with Gasteiger partial charge in [-0.2, -0.15) is 0 Å². The minimum absolute atomic E-state index is 0.512. The van der Waals surface area contributed by atoms with Crippen molar-refractivity contribution in [2.75, 3.05) is 12.8 Å². The molecule has 0 aromatic rings. The fraction of sp³-hybridized carbons (Fsp3) is 0.900. The van der Waals surface area contributed by atoms with E-state index in [2.05, 4.69) is 5.32 Å². The smallest absolute Gasteiger partial charge is 0.239 e. The Balaban J connectivity index is 3.04. The summed E-state index contributed by atoms with van der Waals surface area (Å²) in [5.41, 5.74) is 4.34. The highest BCUT2D eigenvalue weighted by atomic mass is 32.2. The summed E-state index contributed by atoms with van der Waals surface area (Å²) in [6.45, 7) is 2.57. The minimum atomic E-state index is -3.25. The maximum absolute atomic E-state index is 11.7. The third-order valence-corrected chi connectivity index (χ3v) is 4.91. The zero-order valence-electron chi connectivity index (χ0n) is 9.82. The fourth-order valence-corrected chi connectivity index (χ4v) is 4.12. The predicted molar refractivity (Wildman–Crippen MR) is 62.7 cm³/mol. The number of hydrogen-bond donors (Lipinski definition) is 2. The molecule has 2 atom stereocenters. The molecule has 0 spiro atoms. The van der Waals surface area contributed by atoms with Crippen molar-refractivity contribution in [2.24, 2.45) is 5.73 Å². The second-order valence-electron chi connectivity index (χ2n) is 4.47. The second kappa shape index (κ2) is 4.71. The van der Waals surface area contributed by atoms with Crippen LogP contribution in [0.3, 0.4) is 0 Å². The van der Waals surface area contributed by atoms with Gasteiger partial charge < -0.3 is 11.1 Å². The number of rotatable bonds is 5. The van der Waals surface area contributed by atoms with E-state index in [4.69, 9.17) is 5.73 Å². The van der Waals surface area contributed by atoms with Gasteiger partial charge in [0, 0.05) is 6.26 Å². The first-order chi connectivity index (χ1) is 7.34. The molecule has 1 amide bonds. The van der Waals surface area contributed by atoms with E-state index in [9.17, 15) is 13.2 Å². The zero-order valence-corrected chi connectivity index (χ0v) is 10.6. The largest absolute Gasteiger partial charge is 0.368 e. The Morgan fingerprint density at radius 1 is 1.56 bits per heavy atom. The van der Waals surface area contributed by atoms with Crippen molar-refractivity contribution in [1.82, 2.24) is 5.32 Å². The lowest BCUT2D eigenvalue weighted by Crippen LogP contribution is -2.62. The van der Waals surface area contributed by atoms with Gasteiger partial charge in [-0.15, -0.1) is 0 Å². The Morgan fingerprint density at radius 2 is 2.19 bits per heavy atom. The van der Waals surface area contributed by atoms with E-state index in [1.807, 2.05) is 6.92 Å². The summed E-state index contributed by atoms with van der Waals surface area (Å²) < 4.78 is 23.3. The van der Waals surface area contributed by atoms with Gasteiger partial charge in [-0.1, -0.05) is 6.92 Å². The van der Waals surface area contributed by atoms with Crippen molar-refractivity contribution in [3.8, 4) is 0 Å². The van der Waals surface area contributed by atoms with E-state index in [1.54, 1.807) is 0 Å². The van der Waals surface area contributed by atoms with Crippen LogP contribution in [0.25, 0.3) is 0 Å². The van der Waals surface area contributed by atoms with Gasteiger partial charge in [0.2, 0.25) is 5.91 Å². The van der Waals surface area contributed by atoms with Gasteiger partial charge in [-0.3, -0.25) is 4.79 Å². The molecule has 5 nitrogen and oxygen atoms in total. The average molecular weight is 248 g/mol. The molecule has 1 aliphatic carbocycles. The van der Waals surface area contributed by atoms with E-state index < -0.39 is 26.5 Å². The lowest BCUT2D eigenvalue weighted by molar-refractivity contribution is -0.124. The highest BCUT2D eigenvalue weighted by molar-refractivity contribution is 7.91. The number of amides is 1. The van der Waals surface area contributed by atoms with Crippen LogP contribution in [0.4, 0.5) is 0 Å². The lowest BCUT2D eigenvalue weighted by Gasteiger charge is -2.32. The SMILES string of the molecule is CCCNC1(C(N)=O)CCCC1S(C)(=O)=O. The van der Waals surface area contributed by atoms with Gasteiger partial charge in [0.15, 0.2) is 9.84 Å².